The van der Waals surface area contributed by atoms with Crippen LogP contribution in [0.4, 0.5) is 0 Å². The van der Waals surface area contributed by atoms with Gasteiger partial charge in [-0.25, -0.2) is 0 Å². The van der Waals surface area contributed by atoms with E-state index >= 15 is 0 Å². The van der Waals surface area contributed by atoms with Crippen molar-refractivity contribution in [3.05, 3.63) is 46.3 Å². The Morgan fingerprint density at radius 3 is 2.87 bits per heavy atom. The minimum absolute atomic E-state index is 0.355. The predicted octanol–water partition coefficient (Wildman–Crippen LogP) is 3.47. The van der Waals surface area contributed by atoms with Crippen molar-refractivity contribution in [3.63, 3.8) is 0 Å². The molecule has 0 fully saturated rings. The highest BCUT2D eigenvalue weighted by molar-refractivity contribution is 5.44. The lowest BCUT2D eigenvalue weighted by atomic mass is 9.97. The van der Waals surface area contributed by atoms with Crippen molar-refractivity contribution in [3.8, 4) is 5.75 Å². The molecule has 3 rings (SSSR count). The van der Waals surface area contributed by atoms with Crippen LogP contribution in [0.2, 0.25) is 0 Å². The minimum Gasteiger partial charge on any atom is -0.493 e. The molecule has 0 saturated carbocycles. The second-order valence-electron chi connectivity index (χ2n) is 6.27. The summed E-state index contributed by atoms with van der Waals surface area (Å²) in [4.78, 5) is 0. The van der Waals surface area contributed by atoms with Gasteiger partial charge in [0.25, 0.3) is 0 Å². The van der Waals surface area contributed by atoms with Crippen LogP contribution in [-0.2, 0) is 26.4 Å². The number of aryl methyl sites for hydroxylation is 3. The summed E-state index contributed by atoms with van der Waals surface area (Å²) >= 11 is 0. The molecule has 0 aliphatic carbocycles. The minimum atomic E-state index is 0.355. The van der Waals surface area contributed by atoms with Crippen LogP contribution in [0.15, 0.2) is 18.2 Å². The molecule has 4 heteroatoms. The SMILES string of the molecule is CCc1nn(C)c(CC)c1CN[C@H]1CCOc2c(C)cccc21. The molecule has 1 atom stereocenters. The van der Waals surface area contributed by atoms with E-state index in [0.29, 0.717) is 6.04 Å². The number of hydrogen-bond acceptors (Lipinski definition) is 3. The Labute approximate surface area is 138 Å². The van der Waals surface area contributed by atoms with E-state index in [4.69, 9.17) is 4.74 Å². The molecular formula is C19H27N3O. The molecule has 0 saturated heterocycles. The lowest BCUT2D eigenvalue weighted by Gasteiger charge is -2.28. The van der Waals surface area contributed by atoms with Crippen molar-refractivity contribution in [1.29, 1.82) is 0 Å². The Kier molecular flexibility index (Phi) is 4.71. The summed E-state index contributed by atoms with van der Waals surface area (Å²) in [6, 6.07) is 6.78. The summed E-state index contributed by atoms with van der Waals surface area (Å²) in [7, 11) is 2.05. The highest BCUT2D eigenvalue weighted by Gasteiger charge is 2.23. The second-order valence-corrected chi connectivity index (χ2v) is 6.27. The number of fused-ring (bicyclic) bond motifs is 1. The monoisotopic (exact) mass is 313 g/mol. The first-order valence-electron chi connectivity index (χ1n) is 8.65. The molecule has 1 aromatic carbocycles. The van der Waals surface area contributed by atoms with Crippen molar-refractivity contribution in [2.24, 2.45) is 7.05 Å². The maximum Gasteiger partial charge on any atom is 0.126 e. The molecule has 0 spiro atoms. The van der Waals surface area contributed by atoms with Crippen LogP contribution in [0, 0.1) is 6.92 Å². The van der Waals surface area contributed by atoms with E-state index in [-0.39, 0.29) is 0 Å². The number of rotatable bonds is 5. The third-order valence-corrected chi connectivity index (χ3v) is 4.82. The Morgan fingerprint density at radius 1 is 1.30 bits per heavy atom. The maximum atomic E-state index is 5.87. The van der Waals surface area contributed by atoms with E-state index in [1.54, 1.807) is 0 Å². The van der Waals surface area contributed by atoms with Gasteiger partial charge in [0.2, 0.25) is 0 Å². The fraction of sp³-hybridized carbons (Fsp3) is 0.526. The van der Waals surface area contributed by atoms with Gasteiger partial charge in [-0.1, -0.05) is 32.0 Å². The Balaban J connectivity index is 1.82. The van der Waals surface area contributed by atoms with E-state index < -0.39 is 0 Å². The Morgan fingerprint density at radius 2 is 2.13 bits per heavy atom. The summed E-state index contributed by atoms with van der Waals surface area (Å²) in [5.41, 5.74) is 6.44. The predicted molar refractivity (Wildman–Crippen MR) is 92.8 cm³/mol. The molecule has 23 heavy (non-hydrogen) atoms. The molecule has 2 heterocycles. The van der Waals surface area contributed by atoms with Gasteiger partial charge in [-0.05, 0) is 25.3 Å². The topological polar surface area (TPSA) is 39.1 Å². The standard InChI is InChI=1S/C19H27N3O/c1-5-16-15(18(6-2)22(4)21-16)12-20-17-10-11-23-19-13(3)8-7-9-14(17)19/h7-9,17,20H,5-6,10-12H2,1-4H3/t17-/m0/s1. The number of aromatic nitrogens is 2. The molecule has 2 aromatic rings. The second kappa shape index (κ2) is 6.75. The van der Waals surface area contributed by atoms with Gasteiger partial charge in [0.05, 0.1) is 12.3 Å². The quantitative estimate of drug-likeness (QED) is 0.918. The van der Waals surface area contributed by atoms with Gasteiger partial charge < -0.3 is 10.1 Å². The van der Waals surface area contributed by atoms with E-state index in [0.717, 1.165) is 38.2 Å². The van der Waals surface area contributed by atoms with Gasteiger partial charge in [-0.15, -0.1) is 0 Å². The number of hydrogen-bond donors (Lipinski definition) is 1. The highest BCUT2D eigenvalue weighted by atomic mass is 16.5. The lowest BCUT2D eigenvalue weighted by Crippen LogP contribution is -2.27. The number of ether oxygens (including phenoxy) is 1. The number of para-hydroxylation sites is 1. The van der Waals surface area contributed by atoms with Gasteiger partial charge in [0, 0.05) is 42.9 Å². The fourth-order valence-corrected chi connectivity index (χ4v) is 3.61. The van der Waals surface area contributed by atoms with E-state index in [9.17, 15) is 0 Å². The van der Waals surface area contributed by atoms with Gasteiger partial charge in [0.15, 0.2) is 0 Å². The zero-order chi connectivity index (χ0) is 16.4. The molecule has 0 radical (unpaired) electrons. The van der Waals surface area contributed by atoms with Crippen LogP contribution in [0.3, 0.4) is 0 Å². The first kappa shape index (κ1) is 16.1. The molecule has 0 bridgehead atoms. The van der Waals surface area contributed by atoms with Gasteiger partial charge in [0.1, 0.15) is 5.75 Å². The average Bonchev–Trinajstić information content (AvgIpc) is 2.88. The Hall–Kier alpha value is -1.81. The van der Waals surface area contributed by atoms with E-state index in [1.165, 1.54) is 28.1 Å². The van der Waals surface area contributed by atoms with Gasteiger partial charge in [-0.2, -0.15) is 5.10 Å². The van der Waals surface area contributed by atoms with Crippen molar-refractivity contribution in [1.82, 2.24) is 15.1 Å². The van der Waals surface area contributed by atoms with Crippen LogP contribution >= 0.6 is 0 Å². The number of nitrogens with one attached hydrogen (secondary N) is 1. The molecule has 124 valence electrons. The summed E-state index contributed by atoms with van der Waals surface area (Å²) in [6.07, 6.45) is 3.01. The first-order chi connectivity index (χ1) is 11.2. The van der Waals surface area contributed by atoms with Crippen molar-refractivity contribution < 1.29 is 4.74 Å². The van der Waals surface area contributed by atoms with Crippen LogP contribution in [0.5, 0.6) is 5.75 Å². The molecule has 0 amide bonds. The van der Waals surface area contributed by atoms with Crippen molar-refractivity contribution in [2.45, 2.75) is 52.6 Å². The fourth-order valence-electron chi connectivity index (χ4n) is 3.61. The lowest BCUT2D eigenvalue weighted by molar-refractivity contribution is 0.250. The summed E-state index contributed by atoms with van der Waals surface area (Å²) in [5, 5.41) is 8.42. The molecule has 1 aliphatic rings. The summed E-state index contributed by atoms with van der Waals surface area (Å²) in [5.74, 6) is 1.06. The van der Waals surface area contributed by atoms with E-state index in [1.807, 2.05) is 4.68 Å². The third kappa shape index (κ3) is 3.00. The smallest absolute Gasteiger partial charge is 0.126 e. The third-order valence-electron chi connectivity index (χ3n) is 4.82. The zero-order valence-corrected chi connectivity index (χ0v) is 14.6. The maximum absolute atomic E-state index is 5.87. The largest absolute Gasteiger partial charge is 0.493 e. The molecular weight excluding hydrogens is 286 g/mol. The van der Waals surface area contributed by atoms with Crippen LogP contribution < -0.4 is 10.1 Å². The zero-order valence-electron chi connectivity index (χ0n) is 14.6. The Bertz CT molecular complexity index is 690. The number of nitrogens with zero attached hydrogens (tertiary/aromatic N) is 2. The molecule has 1 aliphatic heterocycles. The van der Waals surface area contributed by atoms with Crippen LogP contribution in [0.1, 0.15) is 54.4 Å². The number of benzene rings is 1. The van der Waals surface area contributed by atoms with Gasteiger partial charge >= 0.3 is 0 Å². The van der Waals surface area contributed by atoms with Gasteiger partial charge in [-0.3, -0.25) is 4.68 Å². The van der Waals surface area contributed by atoms with Crippen molar-refractivity contribution in [2.75, 3.05) is 6.61 Å². The molecule has 1 aromatic heterocycles. The van der Waals surface area contributed by atoms with Crippen LogP contribution in [-0.4, -0.2) is 16.4 Å². The summed E-state index contributed by atoms with van der Waals surface area (Å²) < 4.78 is 7.91. The highest BCUT2D eigenvalue weighted by Crippen LogP contribution is 2.34. The van der Waals surface area contributed by atoms with Crippen molar-refractivity contribution >= 4 is 0 Å². The summed E-state index contributed by atoms with van der Waals surface area (Å²) in [6.45, 7) is 8.15. The molecule has 4 nitrogen and oxygen atoms in total. The normalized spacial score (nSPS) is 17.0. The molecule has 0 unspecified atom stereocenters. The van der Waals surface area contributed by atoms with Crippen LogP contribution in [0.25, 0.3) is 0 Å². The molecule has 1 N–H and O–H groups in total. The first-order valence-corrected chi connectivity index (χ1v) is 8.65. The van der Waals surface area contributed by atoms with E-state index in [2.05, 4.69) is 56.4 Å². The average molecular weight is 313 g/mol.